The molecule has 0 spiro atoms. The molecular weight excluding hydrogens is 206 g/mol. The Morgan fingerprint density at radius 2 is 1.65 bits per heavy atom. The van der Waals surface area contributed by atoms with Crippen molar-refractivity contribution in [3.05, 3.63) is 12.3 Å². The molecule has 1 nitrogen and oxygen atoms in total. The van der Waals surface area contributed by atoms with Gasteiger partial charge in [-0.3, -0.25) is 0 Å². The second-order valence-electron chi connectivity index (χ2n) is 5.61. The Hall–Kier alpha value is -0.460. The maximum absolute atomic E-state index is 4.25. The van der Waals surface area contributed by atoms with Crippen molar-refractivity contribution in [2.75, 3.05) is 6.54 Å². The molecule has 0 saturated carbocycles. The quantitative estimate of drug-likeness (QED) is 0.596. The molecule has 0 heterocycles. The highest BCUT2D eigenvalue weighted by molar-refractivity contribution is 5.00. The fourth-order valence-corrected chi connectivity index (χ4v) is 1.85. The van der Waals surface area contributed by atoms with E-state index in [-0.39, 0.29) is 5.54 Å². The van der Waals surface area contributed by atoms with Crippen molar-refractivity contribution in [1.82, 2.24) is 4.90 Å². The Balaban J connectivity index is 0. The highest BCUT2D eigenvalue weighted by atomic mass is 15.2. The van der Waals surface area contributed by atoms with Gasteiger partial charge in [-0.1, -0.05) is 47.6 Å². The Morgan fingerprint density at radius 3 is 1.94 bits per heavy atom. The molecule has 17 heavy (non-hydrogen) atoms. The standard InChI is InChI=1S/C14H29N.C2H6/c1-8-10-15(14(5,6)7)13(4)11-12(3)9-2;1-2/h12H,4,8-11H2,1-3,5-7H3;1-2H3. The lowest BCUT2D eigenvalue weighted by Crippen LogP contribution is -2.41. The van der Waals surface area contributed by atoms with Crippen molar-refractivity contribution in [3.63, 3.8) is 0 Å². The van der Waals surface area contributed by atoms with Gasteiger partial charge in [0, 0.05) is 17.8 Å². The van der Waals surface area contributed by atoms with E-state index in [2.05, 4.69) is 53.0 Å². The van der Waals surface area contributed by atoms with Crippen LogP contribution in [0.1, 0.15) is 74.7 Å². The first-order chi connectivity index (χ1) is 7.82. The van der Waals surface area contributed by atoms with Crippen molar-refractivity contribution >= 4 is 0 Å². The lowest BCUT2D eigenvalue weighted by atomic mass is 9.98. The van der Waals surface area contributed by atoms with E-state index in [1.54, 1.807) is 0 Å². The molecule has 0 aliphatic carbocycles. The summed E-state index contributed by atoms with van der Waals surface area (Å²) in [4.78, 5) is 2.46. The third-order valence-electron chi connectivity index (χ3n) is 2.92. The summed E-state index contributed by atoms with van der Waals surface area (Å²) < 4.78 is 0. The van der Waals surface area contributed by atoms with E-state index < -0.39 is 0 Å². The first-order valence-electron chi connectivity index (χ1n) is 7.28. The molecule has 0 rings (SSSR count). The molecule has 0 bridgehead atoms. The zero-order valence-corrected chi connectivity index (χ0v) is 13.6. The van der Waals surface area contributed by atoms with Gasteiger partial charge in [0.15, 0.2) is 0 Å². The molecule has 0 N–H and O–H groups in total. The second kappa shape index (κ2) is 9.56. The fourth-order valence-electron chi connectivity index (χ4n) is 1.85. The van der Waals surface area contributed by atoms with Crippen LogP contribution < -0.4 is 0 Å². The lowest BCUT2D eigenvalue weighted by molar-refractivity contribution is 0.174. The minimum Gasteiger partial charge on any atom is -0.370 e. The van der Waals surface area contributed by atoms with Crippen LogP contribution in [-0.2, 0) is 0 Å². The Morgan fingerprint density at radius 1 is 1.18 bits per heavy atom. The molecule has 0 aromatic carbocycles. The minimum atomic E-state index is 0.209. The third-order valence-corrected chi connectivity index (χ3v) is 2.92. The van der Waals surface area contributed by atoms with Gasteiger partial charge in [0.1, 0.15) is 0 Å². The predicted molar refractivity (Wildman–Crippen MR) is 81.3 cm³/mol. The normalized spacial score (nSPS) is 12.5. The zero-order valence-electron chi connectivity index (χ0n) is 13.6. The van der Waals surface area contributed by atoms with E-state index in [4.69, 9.17) is 0 Å². The molecule has 1 atom stereocenters. The molecule has 0 amide bonds. The van der Waals surface area contributed by atoms with E-state index in [1.807, 2.05) is 13.8 Å². The highest BCUT2D eigenvalue weighted by Gasteiger charge is 2.22. The summed E-state index contributed by atoms with van der Waals surface area (Å²) >= 11 is 0. The van der Waals surface area contributed by atoms with Gasteiger partial charge in [-0.2, -0.15) is 0 Å². The first kappa shape index (κ1) is 18.9. The Bertz CT molecular complexity index is 188. The van der Waals surface area contributed by atoms with Crippen LogP contribution in [0.4, 0.5) is 0 Å². The van der Waals surface area contributed by atoms with Gasteiger partial charge in [-0.05, 0) is 39.5 Å². The van der Waals surface area contributed by atoms with E-state index in [9.17, 15) is 0 Å². The van der Waals surface area contributed by atoms with Crippen LogP contribution >= 0.6 is 0 Å². The first-order valence-corrected chi connectivity index (χ1v) is 7.28. The van der Waals surface area contributed by atoms with Crippen LogP contribution in [-0.4, -0.2) is 17.0 Å². The summed E-state index contributed by atoms with van der Waals surface area (Å²) in [6, 6.07) is 0. The van der Waals surface area contributed by atoms with Crippen molar-refractivity contribution < 1.29 is 0 Å². The molecule has 0 aliphatic rings. The summed E-state index contributed by atoms with van der Waals surface area (Å²) in [6.07, 6.45) is 3.56. The number of hydrogen-bond acceptors (Lipinski definition) is 1. The fraction of sp³-hybridized carbons (Fsp3) is 0.875. The SMILES string of the molecule is C=C(CC(C)CC)N(CCC)C(C)(C)C.CC. The van der Waals surface area contributed by atoms with Gasteiger partial charge in [0.25, 0.3) is 0 Å². The largest absolute Gasteiger partial charge is 0.370 e. The summed E-state index contributed by atoms with van der Waals surface area (Å²) in [7, 11) is 0. The molecule has 0 fully saturated rings. The summed E-state index contributed by atoms with van der Waals surface area (Å²) in [5.74, 6) is 0.749. The van der Waals surface area contributed by atoms with Crippen molar-refractivity contribution in [2.45, 2.75) is 80.2 Å². The Labute approximate surface area is 110 Å². The zero-order chi connectivity index (χ0) is 14.1. The van der Waals surface area contributed by atoms with Crippen LogP contribution in [0.3, 0.4) is 0 Å². The molecule has 0 aromatic heterocycles. The van der Waals surface area contributed by atoms with E-state index in [0.29, 0.717) is 0 Å². The average Bonchev–Trinajstić information content (AvgIpc) is 2.26. The van der Waals surface area contributed by atoms with E-state index in [0.717, 1.165) is 18.9 Å². The average molecular weight is 241 g/mol. The van der Waals surface area contributed by atoms with Gasteiger partial charge in [0.05, 0.1) is 0 Å². The summed E-state index contributed by atoms with van der Waals surface area (Å²) in [5, 5.41) is 0. The minimum absolute atomic E-state index is 0.209. The van der Waals surface area contributed by atoms with Gasteiger partial charge in [-0.15, -0.1) is 0 Å². The van der Waals surface area contributed by atoms with Crippen LogP contribution in [0.15, 0.2) is 12.3 Å². The maximum Gasteiger partial charge on any atom is 0.0314 e. The number of nitrogens with zero attached hydrogens (tertiary/aromatic N) is 1. The smallest absolute Gasteiger partial charge is 0.0314 e. The molecule has 0 saturated heterocycles. The van der Waals surface area contributed by atoms with Crippen molar-refractivity contribution in [2.24, 2.45) is 5.92 Å². The lowest BCUT2D eigenvalue weighted by Gasteiger charge is -2.39. The third kappa shape index (κ3) is 8.29. The van der Waals surface area contributed by atoms with Crippen LogP contribution in [0, 0.1) is 5.92 Å². The molecule has 0 aromatic rings. The van der Waals surface area contributed by atoms with E-state index >= 15 is 0 Å². The number of allylic oxidation sites excluding steroid dienone is 1. The van der Waals surface area contributed by atoms with E-state index in [1.165, 1.54) is 18.5 Å². The molecular formula is C16H35N. The van der Waals surface area contributed by atoms with Crippen LogP contribution in [0.2, 0.25) is 0 Å². The van der Waals surface area contributed by atoms with Crippen molar-refractivity contribution in [1.29, 1.82) is 0 Å². The molecule has 104 valence electrons. The molecule has 1 heteroatoms. The second-order valence-corrected chi connectivity index (χ2v) is 5.61. The summed E-state index contributed by atoms with van der Waals surface area (Å²) in [6.45, 7) is 23.0. The molecule has 0 aliphatic heterocycles. The van der Waals surface area contributed by atoms with Gasteiger partial charge < -0.3 is 4.90 Å². The van der Waals surface area contributed by atoms with Crippen LogP contribution in [0.25, 0.3) is 0 Å². The molecule has 1 unspecified atom stereocenters. The van der Waals surface area contributed by atoms with Crippen molar-refractivity contribution in [3.8, 4) is 0 Å². The van der Waals surface area contributed by atoms with Gasteiger partial charge >= 0.3 is 0 Å². The molecule has 0 radical (unpaired) electrons. The maximum atomic E-state index is 4.25. The number of hydrogen-bond donors (Lipinski definition) is 0. The predicted octanol–water partition coefficient (Wildman–Crippen LogP) is 5.47. The monoisotopic (exact) mass is 241 g/mol. The number of rotatable bonds is 6. The van der Waals surface area contributed by atoms with Gasteiger partial charge in [-0.25, -0.2) is 0 Å². The van der Waals surface area contributed by atoms with Gasteiger partial charge in [0.2, 0.25) is 0 Å². The Kier molecular flexibility index (Phi) is 10.6. The topological polar surface area (TPSA) is 3.24 Å². The summed E-state index contributed by atoms with van der Waals surface area (Å²) in [5.41, 5.74) is 1.51. The highest BCUT2D eigenvalue weighted by Crippen LogP contribution is 2.24. The van der Waals surface area contributed by atoms with Crippen LogP contribution in [0.5, 0.6) is 0 Å².